The SMILES string of the molecule is CCc1c(C)c(CN(C)C)n2ccnc(CCc3ccccc3)c12. The summed E-state index contributed by atoms with van der Waals surface area (Å²) < 4.78 is 2.36. The van der Waals surface area contributed by atoms with E-state index in [1.54, 1.807) is 0 Å². The van der Waals surface area contributed by atoms with E-state index in [1.165, 1.54) is 33.6 Å². The van der Waals surface area contributed by atoms with Gasteiger partial charge in [-0.25, -0.2) is 0 Å². The molecule has 0 N–H and O–H groups in total. The lowest BCUT2D eigenvalue weighted by molar-refractivity contribution is 0.394. The van der Waals surface area contributed by atoms with Crippen molar-refractivity contribution in [3.05, 3.63) is 70.8 Å². The maximum absolute atomic E-state index is 4.73. The van der Waals surface area contributed by atoms with E-state index < -0.39 is 0 Å². The number of hydrogen-bond donors (Lipinski definition) is 0. The molecule has 0 spiro atoms. The van der Waals surface area contributed by atoms with E-state index in [2.05, 4.69) is 73.8 Å². The third kappa shape index (κ3) is 3.22. The topological polar surface area (TPSA) is 20.5 Å². The zero-order chi connectivity index (χ0) is 17.1. The van der Waals surface area contributed by atoms with Gasteiger partial charge in [0.15, 0.2) is 0 Å². The van der Waals surface area contributed by atoms with Gasteiger partial charge in [0.1, 0.15) is 0 Å². The summed E-state index contributed by atoms with van der Waals surface area (Å²) in [6, 6.07) is 10.7. The molecule has 3 heteroatoms. The van der Waals surface area contributed by atoms with Crippen LogP contribution in [0.2, 0.25) is 0 Å². The molecule has 0 radical (unpaired) electrons. The molecule has 3 nitrogen and oxygen atoms in total. The van der Waals surface area contributed by atoms with Crippen LogP contribution in [0.5, 0.6) is 0 Å². The Balaban J connectivity index is 2.02. The zero-order valence-corrected chi connectivity index (χ0v) is 15.2. The van der Waals surface area contributed by atoms with E-state index in [-0.39, 0.29) is 0 Å². The van der Waals surface area contributed by atoms with Crippen LogP contribution in [0.15, 0.2) is 42.7 Å². The molecule has 0 aliphatic carbocycles. The molecule has 0 aliphatic rings. The van der Waals surface area contributed by atoms with Crippen LogP contribution in [0.4, 0.5) is 0 Å². The van der Waals surface area contributed by atoms with Crippen LogP contribution in [-0.2, 0) is 25.8 Å². The molecular weight excluding hydrogens is 294 g/mol. The summed E-state index contributed by atoms with van der Waals surface area (Å²) >= 11 is 0. The molecule has 0 saturated heterocycles. The molecule has 126 valence electrons. The summed E-state index contributed by atoms with van der Waals surface area (Å²) in [7, 11) is 4.25. The molecule has 0 amide bonds. The van der Waals surface area contributed by atoms with Gasteiger partial charge in [-0.1, -0.05) is 37.3 Å². The highest BCUT2D eigenvalue weighted by Crippen LogP contribution is 2.27. The van der Waals surface area contributed by atoms with Crippen molar-refractivity contribution >= 4 is 5.52 Å². The van der Waals surface area contributed by atoms with E-state index in [0.717, 1.165) is 25.8 Å². The molecule has 0 atom stereocenters. The molecule has 0 bridgehead atoms. The minimum absolute atomic E-state index is 0.954. The quantitative estimate of drug-likeness (QED) is 0.683. The first kappa shape index (κ1) is 16.7. The summed E-state index contributed by atoms with van der Waals surface area (Å²) in [5, 5.41) is 0. The molecule has 2 heterocycles. The van der Waals surface area contributed by atoms with Crippen molar-refractivity contribution in [2.75, 3.05) is 14.1 Å². The molecular formula is C21H27N3. The molecule has 2 aromatic heterocycles. The molecule has 0 fully saturated rings. The van der Waals surface area contributed by atoms with Crippen molar-refractivity contribution in [2.45, 2.75) is 39.7 Å². The third-order valence-electron chi connectivity index (χ3n) is 4.74. The summed E-state index contributed by atoms with van der Waals surface area (Å²) in [5.74, 6) is 0. The van der Waals surface area contributed by atoms with Gasteiger partial charge in [0, 0.05) is 24.6 Å². The first-order valence-electron chi connectivity index (χ1n) is 8.76. The Morgan fingerprint density at radius 2 is 1.83 bits per heavy atom. The summed E-state index contributed by atoms with van der Waals surface area (Å²) in [5.41, 5.74) is 8.16. The predicted molar refractivity (Wildman–Crippen MR) is 101 cm³/mol. The summed E-state index contributed by atoms with van der Waals surface area (Å²) in [4.78, 5) is 6.96. The van der Waals surface area contributed by atoms with E-state index in [9.17, 15) is 0 Å². The maximum atomic E-state index is 4.73. The lowest BCUT2D eigenvalue weighted by atomic mass is 10.0. The Morgan fingerprint density at radius 1 is 1.08 bits per heavy atom. The van der Waals surface area contributed by atoms with Crippen molar-refractivity contribution in [1.29, 1.82) is 0 Å². The van der Waals surface area contributed by atoms with Crippen LogP contribution in [0.25, 0.3) is 5.52 Å². The normalized spacial score (nSPS) is 11.5. The van der Waals surface area contributed by atoms with Crippen molar-refractivity contribution in [1.82, 2.24) is 14.3 Å². The van der Waals surface area contributed by atoms with Gasteiger partial charge in [-0.3, -0.25) is 4.98 Å². The van der Waals surface area contributed by atoms with E-state index >= 15 is 0 Å². The average molecular weight is 321 g/mol. The Kier molecular flexibility index (Phi) is 5.00. The predicted octanol–water partition coefficient (Wildman–Crippen LogP) is 4.05. The molecule has 1 aromatic carbocycles. The summed E-state index contributed by atoms with van der Waals surface area (Å²) in [6.45, 7) is 5.45. The van der Waals surface area contributed by atoms with Crippen LogP contribution in [0.3, 0.4) is 0 Å². The van der Waals surface area contributed by atoms with Crippen LogP contribution in [0.1, 0.15) is 35.0 Å². The average Bonchev–Trinajstić information content (AvgIpc) is 2.85. The van der Waals surface area contributed by atoms with Gasteiger partial charge < -0.3 is 9.30 Å². The van der Waals surface area contributed by atoms with E-state index in [0.29, 0.717) is 0 Å². The minimum atomic E-state index is 0.954. The van der Waals surface area contributed by atoms with Crippen LogP contribution < -0.4 is 0 Å². The molecule has 24 heavy (non-hydrogen) atoms. The lowest BCUT2D eigenvalue weighted by Crippen LogP contribution is -2.13. The monoisotopic (exact) mass is 321 g/mol. The number of hydrogen-bond acceptors (Lipinski definition) is 2. The van der Waals surface area contributed by atoms with Gasteiger partial charge in [0.2, 0.25) is 0 Å². The van der Waals surface area contributed by atoms with Gasteiger partial charge in [-0.05, 0) is 57.0 Å². The fraction of sp³-hybridized carbons (Fsp3) is 0.381. The fourth-order valence-corrected chi connectivity index (χ4v) is 3.56. The fourth-order valence-electron chi connectivity index (χ4n) is 3.56. The highest BCUT2D eigenvalue weighted by Gasteiger charge is 2.17. The standard InChI is InChI=1S/C21H27N3/c1-5-18-16(2)20(15-23(3)4)24-14-13-22-19(21(18)24)12-11-17-9-7-6-8-10-17/h6-10,13-14H,5,11-12,15H2,1-4H3. The van der Waals surface area contributed by atoms with E-state index in [4.69, 9.17) is 4.98 Å². The van der Waals surface area contributed by atoms with Crippen molar-refractivity contribution in [3.63, 3.8) is 0 Å². The Hall–Kier alpha value is -2.13. The van der Waals surface area contributed by atoms with Crippen molar-refractivity contribution in [3.8, 4) is 0 Å². The molecule has 0 aliphatic heterocycles. The number of aryl methyl sites for hydroxylation is 3. The second-order valence-corrected chi connectivity index (χ2v) is 6.72. The lowest BCUT2D eigenvalue weighted by Gasteiger charge is -2.11. The van der Waals surface area contributed by atoms with Gasteiger partial charge in [0.25, 0.3) is 0 Å². The number of rotatable bonds is 6. The van der Waals surface area contributed by atoms with E-state index in [1.807, 2.05) is 6.20 Å². The van der Waals surface area contributed by atoms with Crippen LogP contribution in [0, 0.1) is 6.92 Å². The van der Waals surface area contributed by atoms with Gasteiger partial charge >= 0.3 is 0 Å². The molecule has 3 rings (SSSR count). The number of fused-ring (bicyclic) bond motifs is 1. The highest BCUT2D eigenvalue weighted by atomic mass is 15.1. The van der Waals surface area contributed by atoms with Gasteiger partial charge in [0.05, 0.1) is 11.2 Å². The Morgan fingerprint density at radius 3 is 2.50 bits per heavy atom. The third-order valence-corrected chi connectivity index (χ3v) is 4.74. The summed E-state index contributed by atoms with van der Waals surface area (Å²) in [6.07, 6.45) is 7.13. The Bertz CT molecular complexity index is 816. The number of nitrogens with zero attached hydrogens (tertiary/aromatic N) is 3. The molecule has 0 saturated carbocycles. The van der Waals surface area contributed by atoms with Crippen LogP contribution in [-0.4, -0.2) is 28.4 Å². The number of benzene rings is 1. The number of aromatic nitrogens is 2. The van der Waals surface area contributed by atoms with Crippen molar-refractivity contribution in [2.24, 2.45) is 0 Å². The highest BCUT2D eigenvalue weighted by molar-refractivity contribution is 5.65. The smallest absolute Gasteiger partial charge is 0.0704 e. The maximum Gasteiger partial charge on any atom is 0.0704 e. The second kappa shape index (κ2) is 7.18. The second-order valence-electron chi connectivity index (χ2n) is 6.72. The minimum Gasteiger partial charge on any atom is -0.316 e. The first-order chi connectivity index (χ1) is 11.6. The Labute approximate surface area is 145 Å². The largest absolute Gasteiger partial charge is 0.316 e. The first-order valence-corrected chi connectivity index (χ1v) is 8.76. The van der Waals surface area contributed by atoms with Gasteiger partial charge in [-0.15, -0.1) is 0 Å². The molecule has 0 unspecified atom stereocenters. The van der Waals surface area contributed by atoms with Crippen LogP contribution >= 0.6 is 0 Å². The molecule has 3 aromatic rings. The van der Waals surface area contributed by atoms with Gasteiger partial charge in [-0.2, -0.15) is 0 Å². The zero-order valence-electron chi connectivity index (χ0n) is 15.2. The van der Waals surface area contributed by atoms with Crippen molar-refractivity contribution < 1.29 is 0 Å².